The van der Waals surface area contributed by atoms with Crippen molar-refractivity contribution in [2.75, 3.05) is 39.3 Å². The van der Waals surface area contributed by atoms with Crippen molar-refractivity contribution < 1.29 is 0 Å². The normalized spacial score (nSPS) is 18.9. The van der Waals surface area contributed by atoms with E-state index in [9.17, 15) is 0 Å². The molecule has 0 bridgehead atoms. The van der Waals surface area contributed by atoms with Crippen LogP contribution in [0.4, 0.5) is 0 Å². The number of hydrogen-bond acceptors (Lipinski definition) is 4. The summed E-state index contributed by atoms with van der Waals surface area (Å²) >= 11 is 0. The second-order valence-corrected chi connectivity index (χ2v) is 6.04. The number of hydrogen-bond donors (Lipinski definition) is 1. The molecule has 5 nitrogen and oxygen atoms in total. The molecular weight excluding hydrogens is 238 g/mol. The molecule has 2 rings (SSSR count). The van der Waals surface area contributed by atoms with Crippen LogP contribution in [0.2, 0.25) is 0 Å². The SMILES string of the molecule is Cn1nccc1CCN1CCN(C(C)(C)CN)CC1. The van der Waals surface area contributed by atoms with Crippen LogP contribution in [0.5, 0.6) is 0 Å². The van der Waals surface area contributed by atoms with E-state index >= 15 is 0 Å². The van der Waals surface area contributed by atoms with Gasteiger partial charge in [-0.2, -0.15) is 5.10 Å². The molecule has 1 aromatic rings. The van der Waals surface area contributed by atoms with Gasteiger partial charge in [0.15, 0.2) is 0 Å². The van der Waals surface area contributed by atoms with E-state index in [2.05, 4.69) is 34.8 Å². The maximum Gasteiger partial charge on any atom is 0.0492 e. The summed E-state index contributed by atoms with van der Waals surface area (Å²) in [5.41, 5.74) is 7.29. The lowest BCUT2D eigenvalue weighted by Gasteiger charge is -2.43. The fourth-order valence-electron chi connectivity index (χ4n) is 2.63. The second kappa shape index (κ2) is 6.03. The van der Waals surface area contributed by atoms with Gasteiger partial charge in [0.1, 0.15) is 0 Å². The summed E-state index contributed by atoms with van der Waals surface area (Å²) in [5, 5.41) is 4.21. The molecule has 0 unspecified atom stereocenters. The number of aryl methyl sites for hydroxylation is 1. The number of nitrogens with zero attached hydrogens (tertiary/aromatic N) is 4. The number of piperazine rings is 1. The van der Waals surface area contributed by atoms with Gasteiger partial charge in [0.2, 0.25) is 0 Å². The van der Waals surface area contributed by atoms with E-state index in [1.165, 1.54) is 5.69 Å². The zero-order chi connectivity index (χ0) is 13.9. The molecule has 0 amide bonds. The van der Waals surface area contributed by atoms with Gasteiger partial charge in [0, 0.05) is 70.2 Å². The first-order chi connectivity index (χ1) is 9.03. The smallest absolute Gasteiger partial charge is 0.0492 e. The van der Waals surface area contributed by atoms with Crippen molar-refractivity contribution in [2.24, 2.45) is 12.8 Å². The molecule has 0 aromatic carbocycles. The molecule has 0 aliphatic carbocycles. The molecule has 1 saturated heterocycles. The van der Waals surface area contributed by atoms with Gasteiger partial charge in [0.25, 0.3) is 0 Å². The van der Waals surface area contributed by atoms with Crippen molar-refractivity contribution in [3.8, 4) is 0 Å². The molecule has 0 spiro atoms. The van der Waals surface area contributed by atoms with Gasteiger partial charge >= 0.3 is 0 Å². The molecule has 2 heterocycles. The monoisotopic (exact) mass is 265 g/mol. The molecule has 2 N–H and O–H groups in total. The van der Waals surface area contributed by atoms with E-state index in [0.717, 1.165) is 45.7 Å². The molecular formula is C14H27N5. The summed E-state index contributed by atoms with van der Waals surface area (Å²) in [5.74, 6) is 0. The molecule has 0 atom stereocenters. The van der Waals surface area contributed by atoms with Gasteiger partial charge in [-0.1, -0.05) is 0 Å². The number of nitrogens with two attached hydrogens (primary N) is 1. The number of aromatic nitrogens is 2. The van der Waals surface area contributed by atoms with E-state index in [4.69, 9.17) is 5.73 Å². The summed E-state index contributed by atoms with van der Waals surface area (Å²) in [6.45, 7) is 10.8. The summed E-state index contributed by atoms with van der Waals surface area (Å²) in [7, 11) is 2.01. The highest BCUT2D eigenvalue weighted by Gasteiger charge is 2.28. The molecule has 19 heavy (non-hydrogen) atoms. The van der Waals surface area contributed by atoms with E-state index in [-0.39, 0.29) is 5.54 Å². The molecule has 1 aromatic heterocycles. The van der Waals surface area contributed by atoms with Crippen molar-refractivity contribution in [1.82, 2.24) is 19.6 Å². The minimum atomic E-state index is 0.133. The fraction of sp³-hybridized carbons (Fsp3) is 0.786. The Morgan fingerprint density at radius 3 is 2.47 bits per heavy atom. The summed E-state index contributed by atoms with van der Waals surface area (Å²) < 4.78 is 1.97. The Hall–Kier alpha value is -0.910. The molecule has 1 aliphatic heterocycles. The fourth-order valence-corrected chi connectivity index (χ4v) is 2.63. The topological polar surface area (TPSA) is 50.3 Å². The molecule has 1 fully saturated rings. The average Bonchev–Trinajstić information content (AvgIpc) is 2.82. The zero-order valence-electron chi connectivity index (χ0n) is 12.5. The van der Waals surface area contributed by atoms with Crippen LogP contribution in [-0.2, 0) is 13.5 Å². The lowest BCUT2D eigenvalue weighted by atomic mass is 10.0. The van der Waals surface area contributed by atoms with Crippen LogP contribution >= 0.6 is 0 Å². The van der Waals surface area contributed by atoms with Crippen LogP contribution in [0.15, 0.2) is 12.3 Å². The van der Waals surface area contributed by atoms with Crippen LogP contribution in [0.3, 0.4) is 0 Å². The highest BCUT2D eigenvalue weighted by atomic mass is 15.3. The van der Waals surface area contributed by atoms with Crippen LogP contribution in [-0.4, -0.2) is 64.4 Å². The summed E-state index contributed by atoms with van der Waals surface area (Å²) in [4.78, 5) is 5.05. The standard InChI is InChI=1S/C14H27N5/c1-14(2,12-15)19-10-8-18(9-11-19)7-5-13-4-6-16-17(13)3/h4,6H,5,7-12,15H2,1-3H3. The van der Waals surface area contributed by atoms with Crippen molar-refractivity contribution in [2.45, 2.75) is 25.8 Å². The predicted molar refractivity (Wildman–Crippen MR) is 78.1 cm³/mol. The first-order valence-corrected chi connectivity index (χ1v) is 7.17. The van der Waals surface area contributed by atoms with Crippen LogP contribution in [0, 0.1) is 0 Å². The lowest BCUT2D eigenvalue weighted by Crippen LogP contribution is -2.57. The van der Waals surface area contributed by atoms with Gasteiger partial charge in [-0.15, -0.1) is 0 Å². The van der Waals surface area contributed by atoms with Gasteiger partial charge in [-0.05, 0) is 19.9 Å². The first kappa shape index (κ1) is 14.5. The first-order valence-electron chi connectivity index (χ1n) is 7.17. The molecule has 0 saturated carbocycles. The van der Waals surface area contributed by atoms with Gasteiger partial charge in [-0.3, -0.25) is 9.58 Å². The van der Waals surface area contributed by atoms with Crippen LogP contribution in [0.1, 0.15) is 19.5 Å². The van der Waals surface area contributed by atoms with Crippen molar-refractivity contribution in [1.29, 1.82) is 0 Å². The lowest BCUT2D eigenvalue weighted by molar-refractivity contribution is 0.0572. The van der Waals surface area contributed by atoms with Gasteiger partial charge in [-0.25, -0.2) is 0 Å². The Labute approximate surface area is 116 Å². The third-order valence-electron chi connectivity index (χ3n) is 4.33. The Morgan fingerprint density at radius 2 is 1.95 bits per heavy atom. The van der Waals surface area contributed by atoms with Crippen LogP contribution in [0.25, 0.3) is 0 Å². The number of rotatable bonds is 5. The maximum absolute atomic E-state index is 5.85. The zero-order valence-corrected chi connectivity index (χ0v) is 12.5. The van der Waals surface area contributed by atoms with Crippen molar-refractivity contribution in [3.63, 3.8) is 0 Å². The third kappa shape index (κ3) is 3.55. The van der Waals surface area contributed by atoms with E-state index in [0.29, 0.717) is 0 Å². The third-order valence-corrected chi connectivity index (χ3v) is 4.33. The Bertz CT molecular complexity index is 390. The van der Waals surface area contributed by atoms with Crippen molar-refractivity contribution >= 4 is 0 Å². The molecule has 5 heteroatoms. The average molecular weight is 265 g/mol. The minimum absolute atomic E-state index is 0.133. The quantitative estimate of drug-likeness (QED) is 0.833. The predicted octanol–water partition coefficient (Wildman–Crippen LogP) is 0.318. The molecule has 0 radical (unpaired) electrons. The molecule has 1 aliphatic rings. The highest BCUT2D eigenvalue weighted by Crippen LogP contribution is 2.15. The van der Waals surface area contributed by atoms with E-state index in [1.807, 2.05) is 17.9 Å². The molecule has 108 valence electrons. The van der Waals surface area contributed by atoms with Crippen LogP contribution < -0.4 is 5.73 Å². The van der Waals surface area contributed by atoms with E-state index in [1.54, 1.807) is 0 Å². The van der Waals surface area contributed by atoms with E-state index < -0.39 is 0 Å². The Kier molecular flexibility index (Phi) is 4.60. The highest BCUT2D eigenvalue weighted by molar-refractivity contribution is 5.00. The maximum atomic E-state index is 5.85. The largest absolute Gasteiger partial charge is 0.329 e. The summed E-state index contributed by atoms with van der Waals surface area (Å²) in [6, 6.07) is 2.10. The summed E-state index contributed by atoms with van der Waals surface area (Å²) in [6.07, 6.45) is 2.95. The Balaban J connectivity index is 1.76. The minimum Gasteiger partial charge on any atom is -0.329 e. The second-order valence-electron chi connectivity index (χ2n) is 6.04. The van der Waals surface area contributed by atoms with Gasteiger partial charge in [0.05, 0.1) is 0 Å². The Morgan fingerprint density at radius 1 is 1.26 bits per heavy atom. The van der Waals surface area contributed by atoms with Gasteiger partial charge < -0.3 is 10.6 Å². The van der Waals surface area contributed by atoms with Crippen molar-refractivity contribution in [3.05, 3.63) is 18.0 Å².